The van der Waals surface area contributed by atoms with Crippen molar-refractivity contribution in [3.63, 3.8) is 0 Å². The molecule has 2 fully saturated rings. The number of morpholine rings is 1. The molecule has 3 aliphatic heterocycles. The number of carbonyl (C=O) groups excluding carboxylic acids is 2. The Labute approximate surface area is 187 Å². The first-order valence-electron chi connectivity index (χ1n) is 10.7. The number of methoxy groups -OCH3 is 2. The highest BCUT2D eigenvalue weighted by molar-refractivity contribution is 8.01. The Morgan fingerprint density at radius 3 is 2.68 bits per heavy atom. The number of carbonyl (C=O) groups is 2. The van der Waals surface area contributed by atoms with E-state index in [1.54, 1.807) is 23.8 Å². The first-order chi connectivity index (χ1) is 14.9. The number of thioether (sulfide) groups is 1. The van der Waals surface area contributed by atoms with Crippen LogP contribution in [0.1, 0.15) is 41.6 Å². The second-order valence-electron chi connectivity index (χ2n) is 8.55. The van der Waals surface area contributed by atoms with Gasteiger partial charge >= 0.3 is 0 Å². The molecule has 0 aromatic heterocycles. The van der Waals surface area contributed by atoms with Crippen LogP contribution in [-0.4, -0.2) is 86.0 Å². The first-order valence-corrected chi connectivity index (χ1v) is 11.6. The van der Waals surface area contributed by atoms with E-state index in [1.165, 1.54) is 7.11 Å². The molecule has 1 unspecified atom stereocenters. The number of rotatable bonds is 7. The number of nitrogens with one attached hydrogen (secondary N) is 1. The highest BCUT2D eigenvalue weighted by atomic mass is 32.2. The van der Waals surface area contributed by atoms with Crippen LogP contribution in [0.2, 0.25) is 0 Å². The molecule has 2 saturated heterocycles. The summed E-state index contributed by atoms with van der Waals surface area (Å²) >= 11 is 1.64. The van der Waals surface area contributed by atoms with Gasteiger partial charge in [-0.1, -0.05) is 6.07 Å². The van der Waals surface area contributed by atoms with E-state index in [0.29, 0.717) is 23.6 Å². The molecule has 2 amide bonds. The summed E-state index contributed by atoms with van der Waals surface area (Å²) in [7, 11) is 3.08. The maximum Gasteiger partial charge on any atom is 0.260 e. The monoisotopic (exact) mass is 449 g/mol. The second-order valence-corrected chi connectivity index (χ2v) is 10.3. The van der Waals surface area contributed by atoms with Crippen molar-refractivity contribution in [3.05, 3.63) is 23.3 Å². The summed E-state index contributed by atoms with van der Waals surface area (Å²) < 4.78 is 15.8. The third-order valence-corrected chi connectivity index (χ3v) is 7.73. The molecule has 0 aliphatic carbocycles. The number of amides is 2. The van der Waals surface area contributed by atoms with Gasteiger partial charge in [-0.05, 0) is 32.9 Å². The van der Waals surface area contributed by atoms with Crippen LogP contribution in [0.5, 0.6) is 11.5 Å². The van der Waals surface area contributed by atoms with Gasteiger partial charge in [0.05, 0.1) is 33.0 Å². The van der Waals surface area contributed by atoms with E-state index in [0.717, 1.165) is 44.8 Å². The maximum atomic E-state index is 13.4. The Morgan fingerprint density at radius 2 is 2.00 bits per heavy atom. The molecule has 0 spiro atoms. The lowest BCUT2D eigenvalue weighted by atomic mass is 10.0. The van der Waals surface area contributed by atoms with Gasteiger partial charge in [0.1, 0.15) is 11.4 Å². The minimum absolute atomic E-state index is 0.103. The number of benzene rings is 1. The summed E-state index contributed by atoms with van der Waals surface area (Å²) in [6.07, 6.45) is 0.870. The van der Waals surface area contributed by atoms with Gasteiger partial charge in [-0.3, -0.25) is 14.5 Å². The van der Waals surface area contributed by atoms with Crippen molar-refractivity contribution in [2.75, 3.05) is 53.6 Å². The highest BCUT2D eigenvalue weighted by Crippen LogP contribution is 2.58. The predicted molar refractivity (Wildman–Crippen MR) is 119 cm³/mol. The second kappa shape index (κ2) is 8.88. The van der Waals surface area contributed by atoms with Crippen LogP contribution in [0.25, 0.3) is 0 Å². The molecule has 8 nitrogen and oxygen atoms in total. The van der Waals surface area contributed by atoms with Crippen molar-refractivity contribution < 1.29 is 23.8 Å². The van der Waals surface area contributed by atoms with Crippen molar-refractivity contribution in [2.45, 2.75) is 36.4 Å². The van der Waals surface area contributed by atoms with Crippen LogP contribution >= 0.6 is 11.8 Å². The van der Waals surface area contributed by atoms with Crippen molar-refractivity contribution in [2.24, 2.45) is 0 Å². The van der Waals surface area contributed by atoms with Gasteiger partial charge in [-0.25, -0.2) is 0 Å². The largest absolute Gasteiger partial charge is 0.493 e. The molecular weight excluding hydrogens is 418 g/mol. The number of ether oxygens (including phenoxy) is 3. The normalized spacial score (nSPS) is 24.6. The van der Waals surface area contributed by atoms with Gasteiger partial charge in [-0.2, -0.15) is 0 Å². The molecule has 3 heterocycles. The molecule has 3 aliphatic rings. The lowest BCUT2D eigenvalue weighted by molar-refractivity contribution is -0.126. The predicted octanol–water partition coefficient (Wildman–Crippen LogP) is 1.89. The third kappa shape index (κ3) is 3.99. The molecule has 9 heteroatoms. The Kier molecular flexibility index (Phi) is 6.37. The molecule has 1 N–H and O–H groups in total. The van der Waals surface area contributed by atoms with Crippen molar-refractivity contribution in [3.8, 4) is 11.5 Å². The Bertz CT molecular complexity index is 856. The third-order valence-electron chi connectivity index (χ3n) is 6.20. The molecule has 0 radical (unpaired) electrons. The number of fused-ring (bicyclic) bond motifs is 3. The lowest BCUT2D eigenvalue weighted by Crippen LogP contribution is -2.52. The Balaban J connectivity index is 1.47. The summed E-state index contributed by atoms with van der Waals surface area (Å²) in [5, 5.41) is 2.86. The molecule has 0 saturated carbocycles. The molecule has 0 bridgehead atoms. The smallest absolute Gasteiger partial charge is 0.260 e. The Hall–Kier alpha value is -1.97. The van der Waals surface area contributed by atoms with Gasteiger partial charge in [-0.15, -0.1) is 11.8 Å². The maximum absolute atomic E-state index is 13.4. The number of hydrogen-bond donors (Lipinski definition) is 1. The van der Waals surface area contributed by atoms with Gasteiger partial charge in [0.15, 0.2) is 11.5 Å². The molecule has 1 aromatic carbocycles. The molecule has 170 valence electrons. The van der Waals surface area contributed by atoms with Crippen LogP contribution < -0.4 is 14.8 Å². The quantitative estimate of drug-likeness (QED) is 0.637. The standard InChI is InChI=1S/C22H31N3O5S/c1-22(2)18(19(26)23-8-5-9-24-10-12-30-13-11-24)25-20(27)16-14(21(25)31-22)6-7-15(28-3)17(16)29-4/h6-7,18,21H,5,8-13H2,1-4H3,(H,23,26)/t18-,21?/m1/s1. The molecule has 31 heavy (non-hydrogen) atoms. The van der Waals surface area contributed by atoms with Crippen LogP contribution in [0, 0.1) is 0 Å². The summed E-state index contributed by atoms with van der Waals surface area (Å²) in [6, 6.07) is 3.17. The summed E-state index contributed by atoms with van der Waals surface area (Å²) in [4.78, 5) is 30.7. The van der Waals surface area contributed by atoms with E-state index in [-0.39, 0.29) is 17.2 Å². The van der Waals surface area contributed by atoms with Crippen LogP contribution in [0.3, 0.4) is 0 Å². The zero-order valence-electron chi connectivity index (χ0n) is 18.6. The summed E-state index contributed by atoms with van der Waals surface area (Å²) in [6.45, 7) is 9.00. The van der Waals surface area contributed by atoms with Crippen LogP contribution in [-0.2, 0) is 9.53 Å². The molecule has 2 atom stereocenters. The van der Waals surface area contributed by atoms with Crippen molar-refractivity contribution in [1.82, 2.24) is 15.1 Å². The lowest BCUT2D eigenvalue weighted by Gasteiger charge is -2.30. The van der Waals surface area contributed by atoms with E-state index in [4.69, 9.17) is 14.2 Å². The molecular formula is C22H31N3O5S. The highest BCUT2D eigenvalue weighted by Gasteiger charge is 2.58. The zero-order valence-corrected chi connectivity index (χ0v) is 19.4. The first kappa shape index (κ1) is 22.2. The van der Waals surface area contributed by atoms with Gasteiger partial charge in [0, 0.05) is 29.9 Å². The number of nitrogens with zero attached hydrogens (tertiary/aromatic N) is 2. The van der Waals surface area contributed by atoms with Gasteiger partial charge in [0.25, 0.3) is 5.91 Å². The summed E-state index contributed by atoms with van der Waals surface area (Å²) in [5.74, 6) is 0.669. The fourth-order valence-electron chi connectivity index (χ4n) is 4.69. The SMILES string of the molecule is COc1ccc2c(c1OC)C(=O)N1C2SC(C)(C)[C@H]1C(=O)NCCCN1CCOCC1. The van der Waals surface area contributed by atoms with E-state index in [2.05, 4.69) is 10.2 Å². The zero-order chi connectivity index (χ0) is 22.2. The average Bonchev–Trinajstić information content (AvgIpc) is 3.20. The van der Waals surface area contributed by atoms with E-state index in [1.807, 2.05) is 26.0 Å². The minimum Gasteiger partial charge on any atom is -0.493 e. The van der Waals surface area contributed by atoms with E-state index < -0.39 is 10.8 Å². The average molecular weight is 450 g/mol. The van der Waals surface area contributed by atoms with E-state index >= 15 is 0 Å². The molecule has 1 aromatic rings. The summed E-state index contributed by atoms with van der Waals surface area (Å²) in [5.41, 5.74) is 1.38. The van der Waals surface area contributed by atoms with Crippen LogP contribution in [0.4, 0.5) is 0 Å². The topological polar surface area (TPSA) is 80.3 Å². The Morgan fingerprint density at radius 1 is 1.26 bits per heavy atom. The number of hydrogen-bond acceptors (Lipinski definition) is 7. The fraction of sp³-hybridized carbons (Fsp3) is 0.636. The van der Waals surface area contributed by atoms with Crippen molar-refractivity contribution >= 4 is 23.6 Å². The molecule has 4 rings (SSSR count). The fourth-order valence-corrected chi connectivity index (χ4v) is 6.27. The minimum atomic E-state index is -0.554. The van der Waals surface area contributed by atoms with Crippen LogP contribution in [0.15, 0.2) is 12.1 Å². The van der Waals surface area contributed by atoms with Gasteiger partial charge < -0.3 is 24.4 Å². The van der Waals surface area contributed by atoms with Gasteiger partial charge in [0.2, 0.25) is 5.91 Å². The van der Waals surface area contributed by atoms with E-state index in [9.17, 15) is 9.59 Å². The van der Waals surface area contributed by atoms with Crippen molar-refractivity contribution in [1.29, 1.82) is 0 Å².